The van der Waals surface area contributed by atoms with E-state index in [0.717, 1.165) is 28.6 Å². The number of hydrogen-bond acceptors (Lipinski definition) is 5. The summed E-state index contributed by atoms with van der Waals surface area (Å²) in [5.74, 6) is 0. The summed E-state index contributed by atoms with van der Waals surface area (Å²) in [5.41, 5.74) is 3.77. The number of carbonyl (C=O) groups excluding carboxylic acids is 1. The summed E-state index contributed by atoms with van der Waals surface area (Å²) in [6.07, 6.45) is 2.25. The van der Waals surface area contributed by atoms with Gasteiger partial charge in [-0.1, -0.05) is 25.1 Å². The third-order valence-corrected chi connectivity index (χ3v) is 4.38. The van der Waals surface area contributed by atoms with Gasteiger partial charge >= 0.3 is 6.09 Å². The van der Waals surface area contributed by atoms with E-state index in [1.807, 2.05) is 35.7 Å². The minimum absolute atomic E-state index is 0.341. The molecule has 5 nitrogen and oxygen atoms in total. The molecule has 3 rings (SSSR count). The van der Waals surface area contributed by atoms with Gasteiger partial charge in [-0.15, -0.1) is 11.3 Å². The summed E-state index contributed by atoms with van der Waals surface area (Å²) in [4.78, 5) is 16.6. The molecule has 0 unspecified atom stereocenters. The molecule has 6 heteroatoms. The molecule has 2 heterocycles. The van der Waals surface area contributed by atoms with E-state index in [1.165, 1.54) is 21.5 Å². The fourth-order valence-electron chi connectivity index (χ4n) is 2.46. The van der Waals surface area contributed by atoms with Crippen molar-refractivity contribution in [1.29, 1.82) is 0 Å². The highest BCUT2D eigenvalue weighted by Crippen LogP contribution is 2.29. The lowest BCUT2D eigenvalue weighted by Crippen LogP contribution is -2.13. The summed E-state index contributed by atoms with van der Waals surface area (Å²) in [7, 11) is 0. The molecule has 0 radical (unpaired) electrons. The first-order chi connectivity index (χ1) is 11.7. The highest BCUT2D eigenvalue weighted by atomic mass is 32.1. The summed E-state index contributed by atoms with van der Waals surface area (Å²) in [6, 6.07) is 11.8. The van der Waals surface area contributed by atoms with Crippen LogP contribution in [0.5, 0.6) is 0 Å². The van der Waals surface area contributed by atoms with Gasteiger partial charge in [0, 0.05) is 17.3 Å². The van der Waals surface area contributed by atoms with E-state index in [1.54, 1.807) is 13.1 Å². The summed E-state index contributed by atoms with van der Waals surface area (Å²) in [6.45, 7) is 4.26. The topological polar surface area (TPSA) is 56.1 Å². The lowest BCUT2D eigenvalue weighted by molar-refractivity contribution is 0.154. The van der Waals surface area contributed by atoms with Gasteiger partial charge in [0.1, 0.15) is 5.69 Å². The molecule has 0 amide bonds. The summed E-state index contributed by atoms with van der Waals surface area (Å²) >= 11 is 1.51. The van der Waals surface area contributed by atoms with Crippen LogP contribution in [0.1, 0.15) is 19.4 Å². The molecule has 1 N–H and O–H groups in total. The average molecular weight is 341 g/mol. The van der Waals surface area contributed by atoms with Crippen LogP contribution in [0.3, 0.4) is 0 Å². The Kier molecular flexibility index (Phi) is 4.96. The van der Waals surface area contributed by atoms with Gasteiger partial charge in [-0.2, -0.15) is 0 Å². The zero-order chi connectivity index (χ0) is 16.9. The van der Waals surface area contributed by atoms with E-state index in [-0.39, 0.29) is 0 Å². The number of anilines is 2. The number of thiazole rings is 1. The second-order valence-electron chi connectivity index (χ2n) is 5.14. The van der Waals surface area contributed by atoms with Crippen molar-refractivity contribution in [3.8, 4) is 11.4 Å². The molecule has 0 atom stereocenters. The zero-order valence-electron chi connectivity index (χ0n) is 13.7. The molecule has 3 aromatic rings. The maximum Gasteiger partial charge on any atom is 0.418 e. The molecule has 0 bridgehead atoms. The molecule has 1 aromatic carbocycles. The number of aromatic nitrogens is 2. The first kappa shape index (κ1) is 16.3. The predicted molar refractivity (Wildman–Crippen MR) is 97.1 cm³/mol. The Morgan fingerprint density at radius 2 is 2.08 bits per heavy atom. The molecule has 0 fully saturated rings. The molecule has 2 aromatic heterocycles. The molecular weight excluding hydrogens is 322 g/mol. The van der Waals surface area contributed by atoms with Crippen molar-refractivity contribution in [2.45, 2.75) is 20.3 Å². The number of para-hydroxylation sites is 1. The first-order valence-electron chi connectivity index (χ1n) is 7.88. The number of rotatable bonds is 5. The van der Waals surface area contributed by atoms with Gasteiger partial charge in [0.05, 0.1) is 12.3 Å². The molecular formula is C18H19N3O2S. The molecule has 24 heavy (non-hydrogen) atoms. The SMILES string of the molecule is CCOC(=O)n1cccc1-c1csc(Nc2ccccc2CC)n1. The number of aryl methyl sites for hydroxylation is 1. The number of nitrogens with zero attached hydrogens (tertiary/aromatic N) is 2. The fourth-order valence-corrected chi connectivity index (χ4v) is 3.17. The van der Waals surface area contributed by atoms with E-state index in [4.69, 9.17) is 4.74 Å². The van der Waals surface area contributed by atoms with Gasteiger partial charge in [-0.3, -0.25) is 4.57 Å². The van der Waals surface area contributed by atoms with E-state index >= 15 is 0 Å². The van der Waals surface area contributed by atoms with Crippen LogP contribution in [0.2, 0.25) is 0 Å². The van der Waals surface area contributed by atoms with Crippen LogP contribution in [0.15, 0.2) is 48.0 Å². The second kappa shape index (κ2) is 7.31. The average Bonchev–Trinajstić information content (AvgIpc) is 3.24. The minimum atomic E-state index is -0.392. The smallest absolute Gasteiger partial charge is 0.418 e. The zero-order valence-corrected chi connectivity index (χ0v) is 14.5. The molecule has 0 aliphatic carbocycles. The largest absolute Gasteiger partial charge is 0.449 e. The maximum absolute atomic E-state index is 12.0. The number of carbonyl (C=O) groups is 1. The van der Waals surface area contributed by atoms with Gasteiger partial charge in [-0.25, -0.2) is 9.78 Å². The number of ether oxygens (including phenoxy) is 1. The number of benzene rings is 1. The third kappa shape index (κ3) is 3.33. The second-order valence-corrected chi connectivity index (χ2v) is 5.99. The number of nitrogens with one attached hydrogen (secondary N) is 1. The lowest BCUT2D eigenvalue weighted by Gasteiger charge is -2.08. The van der Waals surface area contributed by atoms with Gasteiger partial charge in [0.2, 0.25) is 0 Å². The van der Waals surface area contributed by atoms with Crippen molar-refractivity contribution in [1.82, 2.24) is 9.55 Å². The standard InChI is InChI=1S/C18H19N3O2S/c1-3-13-8-5-6-9-14(13)19-17-20-15(12-24-17)16-10-7-11-21(16)18(22)23-4-2/h5-12H,3-4H2,1-2H3,(H,19,20). The Morgan fingerprint density at radius 1 is 1.25 bits per heavy atom. The molecule has 0 saturated heterocycles. The van der Waals surface area contributed by atoms with Gasteiger partial charge in [-0.05, 0) is 37.1 Å². The minimum Gasteiger partial charge on any atom is -0.449 e. The van der Waals surface area contributed by atoms with Crippen LogP contribution in [-0.2, 0) is 11.2 Å². The van der Waals surface area contributed by atoms with E-state index in [9.17, 15) is 4.79 Å². The number of hydrogen-bond donors (Lipinski definition) is 1. The maximum atomic E-state index is 12.0. The van der Waals surface area contributed by atoms with Crippen molar-refractivity contribution in [2.24, 2.45) is 0 Å². The molecule has 0 spiro atoms. The van der Waals surface area contributed by atoms with Gasteiger partial charge < -0.3 is 10.1 Å². The van der Waals surface area contributed by atoms with Crippen LogP contribution in [0.4, 0.5) is 15.6 Å². The van der Waals surface area contributed by atoms with E-state index in [0.29, 0.717) is 6.61 Å². The van der Waals surface area contributed by atoms with E-state index in [2.05, 4.69) is 23.3 Å². The predicted octanol–water partition coefficient (Wildman–Crippen LogP) is 4.92. The fraction of sp³-hybridized carbons (Fsp3) is 0.222. The van der Waals surface area contributed by atoms with Crippen LogP contribution in [0, 0.1) is 0 Å². The molecule has 0 aliphatic rings. The van der Waals surface area contributed by atoms with Gasteiger partial charge in [0.25, 0.3) is 0 Å². The quantitative estimate of drug-likeness (QED) is 0.715. The van der Waals surface area contributed by atoms with Crippen molar-refractivity contribution in [3.63, 3.8) is 0 Å². The first-order valence-corrected chi connectivity index (χ1v) is 8.76. The monoisotopic (exact) mass is 341 g/mol. The van der Waals surface area contributed by atoms with Crippen LogP contribution in [0.25, 0.3) is 11.4 Å². The third-order valence-electron chi connectivity index (χ3n) is 3.62. The van der Waals surface area contributed by atoms with Crippen LogP contribution < -0.4 is 5.32 Å². The van der Waals surface area contributed by atoms with Crippen LogP contribution >= 0.6 is 11.3 Å². The van der Waals surface area contributed by atoms with Crippen molar-refractivity contribution in [2.75, 3.05) is 11.9 Å². The lowest BCUT2D eigenvalue weighted by atomic mass is 10.1. The summed E-state index contributed by atoms with van der Waals surface area (Å²) in [5, 5.41) is 6.09. The highest BCUT2D eigenvalue weighted by Gasteiger charge is 2.14. The Hall–Kier alpha value is -2.60. The highest BCUT2D eigenvalue weighted by molar-refractivity contribution is 7.14. The molecule has 124 valence electrons. The Labute approximate surface area is 144 Å². The van der Waals surface area contributed by atoms with Gasteiger partial charge in [0.15, 0.2) is 5.13 Å². The van der Waals surface area contributed by atoms with E-state index < -0.39 is 6.09 Å². The van der Waals surface area contributed by atoms with Crippen molar-refractivity contribution in [3.05, 3.63) is 53.5 Å². The van der Waals surface area contributed by atoms with Crippen LogP contribution in [-0.4, -0.2) is 22.3 Å². The Morgan fingerprint density at radius 3 is 2.88 bits per heavy atom. The molecule has 0 aliphatic heterocycles. The molecule has 0 saturated carbocycles. The van der Waals surface area contributed by atoms with Crippen molar-refractivity contribution < 1.29 is 9.53 Å². The van der Waals surface area contributed by atoms with Crippen molar-refractivity contribution >= 4 is 28.2 Å². The normalized spacial score (nSPS) is 10.6. The summed E-state index contributed by atoms with van der Waals surface area (Å²) < 4.78 is 6.54. The Balaban J connectivity index is 1.84. The Bertz CT molecular complexity index is 838.